The van der Waals surface area contributed by atoms with Gasteiger partial charge in [0.05, 0.1) is 0 Å². The maximum atomic E-state index is 2.32. The van der Waals surface area contributed by atoms with E-state index in [2.05, 4.69) is 197 Å². The molecule has 0 aliphatic heterocycles. The van der Waals surface area contributed by atoms with Gasteiger partial charge in [-0.15, -0.1) is 0 Å². The van der Waals surface area contributed by atoms with Crippen molar-refractivity contribution in [2.45, 2.75) is 174 Å². The Balaban J connectivity index is 0.000000332. The van der Waals surface area contributed by atoms with Gasteiger partial charge in [-0.2, -0.15) is 0 Å². The summed E-state index contributed by atoms with van der Waals surface area (Å²) in [5, 5.41) is 0. The summed E-state index contributed by atoms with van der Waals surface area (Å²) in [7, 11) is 0. The van der Waals surface area contributed by atoms with E-state index in [0.29, 0.717) is 39.4 Å². The van der Waals surface area contributed by atoms with E-state index in [1.165, 1.54) is 66.3 Å². The van der Waals surface area contributed by atoms with E-state index >= 15 is 0 Å². The molecule has 0 aromatic heterocycles. The zero-order valence-corrected chi connectivity index (χ0v) is 35.6. The summed E-state index contributed by atoms with van der Waals surface area (Å²) in [5.74, 6) is 3.09. The quantitative estimate of drug-likeness (QED) is 0.235. The molecule has 1 aliphatic rings. The molecule has 0 heterocycles. The molecule has 1 saturated carbocycles. The van der Waals surface area contributed by atoms with Gasteiger partial charge in [0.2, 0.25) is 0 Å². The van der Waals surface area contributed by atoms with Gasteiger partial charge in [0, 0.05) is 0 Å². The van der Waals surface area contributed by atoms with Crippen molar-refractivity contribution < 1.29 is 0 Å². The lowest BCUT2D eigenvalue weighted by atomic mass is 9.82. The third-order valence-corrected chi connectivity index (χ3v) is 9.02. The van der Waals surface area contributed by atoms with E-state index in [4.69, 9.17) is 0 Å². The summed E-state index contributed by atoms with van der Waals surface area (Å²) in [6.45, 7) is 38.9. The van der Waals surface area contributed by atoms with Gasteiger partial charge < -0.3 is 0 Å². The maximum Gasteiger partial charge on any atom is -0.0185 e. The number of benzene rings is 3. The van der Waals surface area contributed by atoms with Gasteiger partial charge in [-0.3, -0.25) is 0 Å². The van der Waals surface area contributed by atoms with Crippen LogP contribution in [0, 0.1) is 41.4 Å². The molecule has 0 radical (unpaired) electrons. The third-order valence-electron chi connectivity index (χ3n) is 9.02. The maximum absolute atomic E-state index is 2.32. The minimum atomic E-state index is 0.421. The fourth-order valence-corrected chi connectivity index (χ4v) is 6.87. The molecular weight excluding hydrogens is 589 g/mol. The van der Waals surface area contributed by atoms with Crippen molar-refractivity contribution in [3.05, 3.63) is 107 Å². The highest BCUT2D eigenvalue weighted by molar-refractivity contribution is 5.25. The van der Waals surface area contributed by atoms with Crippen molar-refractivity contribution in [2.24, 2.45) is 27.6 Å². The summed E-state index contributed by atoms with van der Waals surface area (Å²) in [6, 6.07) is 28.6. The van der Waals surface area contributed by atoms with Gasteiger partial charge in [-0.05, 0) is 102 Å². The van der Waals surface area contributed by atoms with Crippen molar-refractivity contribution in [1.29, 1.82) is 0 Å². The fourth-order valence-electron chi connectivity index (χ4n) is 6.87. The van der Waals surface area contributed by atoms with Crippen LogP contribution >= 0.6 is 0 Å². The van der Waals surface area contributed by atoms with Crippen LogP contribution in [0.25, 0.3) is 0 Å². The second kappa shape index (κ2) is 19.9. The summed E-state index contributed by atoms with van der Waals surface area (Å²) in [5.41, 5.74) is 8.92. The fraction of sp³-hybridized carbons (Fsp3) is 0.633. The van der Waals surface area contributed by atoms with E-state index in [0.717, 1.165) is 5.92 Å². The Morgan fingerprint density at radius 1 is 0.429 bits per heavy atom. The monoisotopic (exact) mass is 669 g/mol. The van der Waals surface area contributed by atoms with E-state index in [1.54, 1.807) is 0 Å². The number of aryl methyl sites for hydroxylation is 2. The molecule has 4 rings (SSSR count). The summed E-state index contributed by atoms with van der Waals surface area (Å²) in [4.78, 5) is 0. The largest absolute Gasteiger partial charge is 0.0622 e. The first-order chi connectivity index (χ1) is 22.3. The Labute approximate surface area is 307 Å². The zero-order valence-electron chi connectivity index (χ0n) is 35.6. The second-order valence-corrected chi connectivity index (χ2v) is 20.4. The molecule has 1 aliphatic carbocycles. The summed E-state index contributed by atoms with van der Waals surface area (Å²) < 4.78 is 0. The van der Waals surface area contributed by atoms with E-state index in [-0.39, 0.29) is 0 Å². The zero-order chi connectivity index (χ0) is 37.6. The predicted molar refractivity (Wildman–Crippen MR) is 223 cm³/mol. The lowest BCUT2D eigenvalue weighted by Crippen LogP contribution is -2.09. The number of rotatable bonds is 7. The average Bonchev–Trinajstić information content (AvgIpc) is 3.75. The van der Waals surface area contributed by atoms with Gasteiger partial charge in [-0.1, -0.05) is 207 Å². The van der Waals surface area contributed by atoms with Gasteiger partial charge in [-0.25, -0.2) is 0 Å². The molecule has 0 N–H and O–H groups in total. The van der Waals surface area contributed by atoms with Crippen LogP contribution < -0.4 is 0 Å². The molecule has 0 bridgehead atoms. The molecule has 3 atom stereocenters. The molecule has 0 nitrogen and oxygen atoms in total. The van der Waals surface area contributed by atoms with Crippen molar-refractivity contribution in [3.8, 4) is 0 Å². The summed E-state index contributed by atoms with van der Waals surface area (Å²) in [6.07, 6.45) is 8.17. The lowest BCUT2D eigenvalue weighted by Gasteiger charge is -2.23. The number of hydrogen-bond acceptors (Lipinski definition) is 0. The standard InChI is InChI=1S/2C14H22.C13H20.C8H16/c2*1-11-6-8-13(9-7-11)12(2)10-14(3,4)5;1-11(10-13(2,3)4)12-8-6-5-7-9-12;1-8(2,3)6-7-4-5-7/h2*6-9,12H,10H2,1-5H3;5-9,11H,10H2,1-4H3;7H,4-6H2,1-3H3/t2*12-;11-;/m111./s1. The first kappa shape index (κ1) is 44.7. The average molecular weight is 669 g/mol. The molecular formula is C49H80. The Hall–Kier alpha value is -2.34. The molecule has 0 spiro atoms. The Kier molecular flexibility index (Phi) is 18.1. The van der Waals surface area contributed by atoms with Crippen LogP contribution in [0.15, 0.2) is 78.9 Å². The van der Waals surface area contributed by atoms with Crippen LogP contribution in [-0.4, -0.2) is 0 Å². The SMILES string of the molecule is CC(C)(C)CC1CC1.C[C@H](CC(C)(C)C)c1ccccc1.Cc1ccc([C@H](C)CC(C)(C)C)cc1.Cc1ccc([C@H](C)CC(C)(C)C)cc1. The first-order valence-corrected chi connectivity index (χ1v) is 19.5. The smallest absolute Gasteiger partial charge is 0.0185 e. The minimum absolute atomic E-state index is 0.421. The van der Waals surface area contributed by atoms with Gasteiger partial charge in [0.25, 0.3) is 0 Å². The van der Waals surface area contributed by atoms with Gasteiger partial charge in [0.1, 0.15) is 0 Å². The molecule has 3 aromatic rings. The molecule has 49 heavy (non-hydrogen) atoms. The van der Waals surface area contributed by atoms with Crippen LogP contribution in [0.3, 0.4) is 0 Å². The minimum Gasteiger partial charge on any atom is -0.0622 e. The van der Waals surface area contributed by atoms with Crippen molar-refractivity contribution in [3.63, 3.8) is 0 Å². The van der Waals surface area contributed by atoms with Gasteiger partial charge >= 0.3 is 0 Å². The highest BCUT2D eigenvalue weighted by Crippen LogP contribution is 2.39. The molecule has 0 saturated heterocycles. The number of hydrogen-bond donors (Lipinski definition) is 0. The molecule has 0 unspecified atom stereocenters. The van der Waals surface area contributed by atoms with Crippen molar-refractivity contribution >= 4 is 0 Å². The first-order valence-electron chi connectivity index (χ1n) is 19.5. The Morgan fingerprint density at radius 2 is 0.714 bits per heavy atom. The van der Waals surface area contributed by atoms with Crippen molar-refractivity contribution in [1.82, 2.24) is 0 Å². The predicted octanol–water partition coefficient (Wildman–Crippen LogP) is 16.1. The Bertz CT molecular complexity index is 1200. The normalized spacial score (nSPS) is 15.3. The third kappa shape index (κ3) is 23.7. The van der Waals surface area contributed by atoms with Crippen LogP contribution in [0.1, 0.15) is 188 Å². The highest BCUT2D eigenvalue weighted by atomic mass is 14.3. The highest BCUT2D eigenvalue weighted by Gasteiger charge is 2.26. The Morgan fingerprint density at radius 3 is 0.939 bits per heavy atom. The van der Waals surface area contributed by atoms with Crippen LogP contribution in [0.2, 0.25) is 0 Å². The summed E-state index contributed by atoms with van der Waals surface area (Å²) >= 11 is 0. The lowest BCUT2D eigenvalue weighted by molar-refractivity contribution is 0.348. The van der Waals surface area contributed by atoms with Crippen LogP contribution in [0.5, 0.6) is 0 Å². The molecule has 276 valence electrons. The second-order valence-electron chi connectivity index (χ2n) is 20.4. The topological polar surface area (TPSA) is 0 Å². The van der Waals surface area contributed by atoms with Crippen LogP contribution in [-0.2, 0) is 0 Å². The van der Waals surface area contributed by atoms with E-state index < -0.39 is 0 Å². The van der Waals surface area contributed by atoms with Gasteiger partial charge in [0.15, 0.2) is 0 Å². The molecule has 0 amide bonds. The molecule has 0 heteroatoms. The van der Waals surface area contributed by atoms with Crippen LogP contribution in [0.4, 0.5) is 0 Å². The van der Waals surface area contributed by atoms with E-state index in [9.17, 15) is 0 Å². The molecule has 3 aromatic carbocycles. The van der Waals surface area contributed by atoms with E-state index in [1.807, 2.05) is 0 Å². The van der Waals surface area contributed by atoms with Crippen molar-refractivity contribution in [2.75, 3.05) is 0 Å². The molecule has 1 fully saturated rings.